The van der Waals surface area contributed by atoms with Gasteiger partial charge >= 0.3 is 5.97 Å². The topological polar surface area (TPSA) is 80.7 Å². The monoisotopic (exact) mass is 284 g/mol. The largest absolute Gasteiger partial charge is 0.448 e. The van der Waals surface area contributed by atoms with E-state index in [1.54, 1.807) is 33.7 Å². The molecule has 1 atom stereocenters. The average molecular weight is 284 g/mol. The predicted molar refractivity (Wildman–Crippen MR) is 68.9 cm³/mol. The molecule has 7 heteroatoms. The third-order valence-electron chi connectivity index (χ3n) is 2.48. The van der Waals surface area contributed by atoms with E-state index in [9.17, 15) is 13.2 Å². The lowest BCUT2D eigenvalue weighted by Gasteiger charge is -2.08. The third kappa shape index (κ3) is 2.22. The maximum atomic E-state index is 11.7. The molecule has 0 aliphatic heterocycles. The van der Waals surface area contributed by atoms with E-state index in [0.29, 0.717) is 10.8 Å². The van der Waals surface area contributed by atoms with E-state index in [0.717, 1.165) is 0 Å². The van der Waals surface area contributed by atoms with Crippen LogP contribution in [0, 0.1) is 0 Å². The standard InChI is InChI=1S/C11H9O5PS/c12-11(16-17)10-8-4-2-1-3-7(8)5-6-9(10)18(13,14)15/h1-6H,17H2,(H,13,14,15). The van der Waals surface area contributed by atoms with Gasteiger partial charge in [-0.2, -0.15) is 8.42 Å². The number of carbonyl (C=O) groups is 1. The van der Waals surface area contributed by atoms with Crippen molar-refractivity contribution in [1.82, 2.24) is 0 Å². The van der Waals surface area contributed by atoms with Gasteiger partial charge in [0.2, 0.25) is 0 Å². The van der Waals surface area contributed by atoms with Crippen LogP contribution in [-0.4, -0.2) is 18.9 Å². The lowest BCUT2D eigenvalue weighted by Crippen LogP contribution is -2.09. The van der Waals surface area contributed by atoms with Crippen molar-refractivity contribution < 1.29 is 22.3 Å². The molecule has 0 heterocycles. The molecule has 18 heavy (non-hydrogen) atoms. The van der Waals surface area contributed by atoms with Gasteiger partial charge in [-0.1, -0.05) is 30.3 Å². The van der Waals surface area contributed by atoms with Gasteiger partial charge in [-0.3, -0.25) is 4.55 Å². The van der Waals surface area contributed by atoms with Crippen LogP contribution in [0.25, 0.3) is 10.8 Å². The first-order valence-corrected chi connectivity index (χ1v) is 6.76. The van der Waals surface area contributed by atoms with Gasteiger partial charge in [0.25, 0.3) is 10.1 Å². The Labute approximate surface area is 106 Å². The second kappa shape index (κ2) is 4.65. The van der Waals surface area contributed by atoms with Crippen LogP contribution in [0.3, 0.4) is 0 Å². The van der Waals surface area contributed by atoms with Gasteiger partial charge in [-0.25, -0.2) is 4.79 Å². The molecule has 0 spiro atoms. The Morgan fingerprint density at radius 1 is 1.17 bits per heavy atom. The zero-order valence-corrected chi connectivity index (χ0v) is 11.0. The van der Waals surface area contributed by atoms with E-state index in [4.69, 9.17) is 4.55 Å². The smallest absolute Gasteiger partial charge is 0.342 e. The molecule has 1 unspecified atom stereocenters. The van der Waals surface area contributed by atoms with Gasteiger partial charge in [0.05, 0.1) is 15.0 Å². The molecule has 0 aliphatic rings. The minimum Gasteiger partial charge on any atom is -0.448 e. The predicted octanol–water partition coefficient (Wildman–Crippen LogP) is 2.03. The first-order chi connectivity index (χ1) is 8.45. The van der Waals surface area contributed by atoms with Crippen LogP contribution in [0.1, 0.15) is 10.4 Å². The summed E-state index contributed by atoms with van der Waals surface area (Å²) in [6.45, 7) is 0. The van der Waals surface area contributed by atoms with Crippen molar-refractivity contribution in [2.45, 2.75) is 4.90 Å². The van der Waals surface area contributed by atoms with Crippen LogP contribution in [0.15, 0.2) is 41.3 Å². The number of rotatable bonds is 2. The molecule has 2 aromatic rings. The fourth-order valence-electron chi connectivity index (χ4n) is 1.74. The number of hydrogen-bond donors (Lipinski definition) is 1. The Morgan fingerprint density at radius 3 is 2.44 bits per heavy atom. The van der Waals surface area contributed by atoms with Crippen LogP contribution >= 0.6 is 9.47 Å². The lowest BCUT2D eigenvalue weighted by atomic mass is 10.0. The molecule has 0 fully saturated rings. The van der Waals surface area contributed by atoms with E-state index < -0.39 is 21.0 Å². The molecule has 0 saturated carbocycles. The van der Waals surface area contributed by atoms with Gasteiger partial charge in [0.1, 0.15) is 4.90 Å². The summed E-state index contributed by atoms with van der Waals surface area (Å²) in [5.74, 6) is -0.843. The number of hydrogen-bond acceptors (Lipinski definition) is 4. The molecule has 0 aromatic heterocycles. The summed E-state index contributed by atoms with van der Waals surface area (Å²) in [4.78, 5) is 11.2. The molecule has 2 rings (SSSR count). The van der Waals surface area contributed by atoms with Crippen LogP contribution in [0.4, 0.5) is 0 Å². The summed E-state index contributed by atoms with van der Waals surface area (Å²) >= 11 is 0. The van der Waals surface area contributed by atoms with Crippen molar-refractivity contribution in [2.75, 3.05) is 0 Å². The minimum atomic E-state index is -4.49. The third-order valence-corrected chi connectivity index (χ3v) is 3.59. The van der Waals surface area contributed by atoms with Gasteiger partial charge in [0.15, 0.2) is 0 Å². The number of benzene rings is 2. The summed E-state index contributed by atoms with van der Waals surface area (Å²) in [5.41, 5.74) is -0.175. The first kappa shape index (κ1) is 13.0. The van der Waals surface area contributed by atoms with Crippen molar-refractivity contribution in [3.8, 4) is 0 Å². The van der Waals surface area contributed by atoms with E-state index in [1.165, 1.54) is 12.1 Å². The Morgan fingerprint density at radius 2 is 1.83 bits per heavy atom. The van der Waals surface area contributed by atoms with Gasteiger partial charge in [-0.05, 0) is 16.8 Å². The van der Waals surface area contributed by atoms with Crippen molar-refractivity contribution in [1.29, 1.82) is 0 Å². The van der Waals surface area contributed by atoms with Crippen LogP contribution < -0.4 is 0 Å². The number of carbonyl (C=O) groups excluding carboxylic acids is 1. The first-order valence-electron chi connectivity index (χ1n) is 4.85. The molecule has 94 valence electrons. The highest BCUT2D eigenvalue weighted by Gasteiger charge is 2.23. The maximum Gasteiger partial charge on any atom is 0.342 e. The van der Waals surface area contributed by atoms with E-state index in [1.807, 2.05) is 0 Å². The fraction of sp³-hybridized carbons (Fsp3) is 0. The van der Waals surface area contributed by atoms with E-state index in [-0.39, 0.29) is 5.56 Å². The Balaban J connectivity index is 2.93. The zero-order chi connectivity index (χ0) is 13.3. The Kier molecular flexibility index (Phi) is 3.34. The second-order valence-electron chi connectivity index (χ2n) is 3.54. The fourth-order valence-corrected chi connectivity index (χ4v) is 2.55. The SMILES string of the molecule is O=C(OP)c1c(S(=O)(=O)O)ccc2ccccc12. The summed E-state index contributed by atoms with van der Waals surface area (Å²) in [5, 5.41) is 1.08. The highest BCUT2D eigenvalue weighted by molar-refractivity contribution is 7.86. The molecule has 5 nitrogen and oxygen atoms in total. The molecule has 0 amide bonds. The molecule has 1 N–H and O–H groups in total. The van der Waals surface area contributed by atoms with Crippen molar-refractivity contribution >= 4 is 36.3 Å². The zero-order valence-electron chi connectivity index (χ0n) is 9.03. The van der Waals surface area contributed by atoms with Gasteiger partial charge in [-0.15, -0.1) is 0 Å². The summed E-state index contributed by atoms with van der Waals surface area (Å²) in [6, 6.07) is 9.41. The molecule has 0 bridgehead atoms. The van der Waals surface area contributed by atoms with Gasteiger partial charge < -0.3 is 4.52 Å². The molecule has 0 saturated heterocycles. The number of fused-ring (bicyclic) bond motifs is 1. The Hall–Kier alpha value is -1.49. The highest BCUT2D eigenvalue weighted by atomic mass is 32.2. The summed E-state index contributed by atoms with van der Waals surface area (Å²) < 4.78 is 36.1. The van der Waals surface area contributed by atoms with E-state index in [2.05, 4.69) is 4.52 Å². The molecule has 2 aromatic carbocycles. The maximum absolute atomic E-state index is 11.7. The second-order valence-corrected chi connectivity index (χ2v) is 5.17. The minimum absolute atomic E-state index is 0.175. The van der Waals surface area contributed by atoms with E-state index >= 15 is 0 Å². The van der Waals surface area contributed by atoms with Crippen LogP contribution in [0.2, 0.25) is 0 Å². The molecular formula is C11H9O5PS. The summed E-state index contributed by atoms with van der Waals surface area (Å²) in [6.07, 6.45) is 0. The molecular weight excluding hydrogens is 275 g/mol. The molecule has 0 radical (unpaired) electrons. The lowest BCUT2D eigenvalue weighted by molar-refractivity contribution is 0.0763. The van der Waals surface area contributed by atoms with Crippen molar-refractivity contribution in [2.24, 2.45) is 0 Å². The highest BCUT2D eigenvalue weighted by Crippen LogP contribution is 2.27. The average Bonchev–Trinajstić information content (AvgIpc) is 2.35. The quantitative estimate of drug-likeness (QED) is 0.674. The Bertz CT molecular complexity index is 723. The van der Waals surface area contributed by atoms with Crippen LogP contribution in [-0.2, 0) is 14.6 Å². The van der Waals surface area contributed by atoms with Gasteiger partial charge in [0, 0.05) is 0 Å². The van der Waals surface area contributed by atoms with Crippen molar-refractivity contribution in [3.05, 3.63) is 42.0 Å². The van der Waals surface area contributed by atoms with Crippen molar-refractivity contribution in [3.63, 3.8) is 0 Å². The van der Waals surface area contributed by atoms with Crippen LogP contribution in [0.5, 0.6) is 0 Å². The summed E-state index contributed by atoms with van der Waals surface area (Å²) in [7, 11) is -2.73. The normalized spacial score (nSPS) is 11.4. The molecule has 0 aliphatic carbocycles.